The van der Waals surface area contributed by atoms with E-state index in [2.05, 4.69) is 21.2 Å². The minimum Gasteiger partial charge on any atom is -0.486 e. The maximum absolute atomic E-state index is 12.4. The van der Waals surface area contributed by atoms with E-state index in [-0.39, 0.29) is 5.91 Å². The van der Waals surface area contributed by atoms with E-state index in [1.54, 1.807) is 36.4 Å². The average Bonchev–Trinajstić information content (AvgIpc) is 2.49. The van der Waals surface area contributed by atoms with Gasteiger partial charge < -0.3 is 14.8 Å². The number of hydrogen-bond acceptors (Lipinski definition) is 3. The molecule has 0 saturated heterocycles. The van der Waals surface area contributed by atoms with Gasteiger partial charge in [0.25, 0.3) is 5.91 Å². The van der Waals surface area contributed by atoms with Crippen LogP contribution < -0.4 is 14.8 Å². The Morgan fingerprint density at radius 2 is 1.81 bits per heavy atom. The first-order chi connectivity index (χ1) is 10.1. The number of amides is 1. The fraction of sp³-hybridized carbons (Fsp3) is 0.133. The van der Waals surface area contributed by atoms with Gasteiger partial charge in [-0.2, -0.15) is 0 Å². The van der Waals surface area contributed by atoms with Crippen molar-refractivity contribution in [1.82, 2.24) is 0 Å². The van der Waals surface area contributed by atoms with Crippen molar-refractivity contribution in [1.29, 1.82) is 0 Å². The Kier molecular flexibility index (Phi) is 4.03. The lowest BCUT2D eigenvalue weighted by Gasteiger charge is -2.19. The largest absolute Gasteiger partial charge is 0.486 e. The summed E-state index contributed by atoms with van der Waals surface area (Å²) in [5.74, 6) is 0.920. The number of benzene rings is 2. The predicted octanol–water partition coefficient (Wildman–Crippen LogP) is 4.13. The van der Waals surface area contributed by atoms with Gasteiger partial charge in [-0.25, -0.2) is 0 Å². The van der Waals surface area contributed by atoms with Gasteiger partial charge >= 0.3 is 0 Å². The molecule has 1 amide bonds. The van der Waals surface area contributed by atoms with Crippen LogP contribution in [0.4, 0.5) is 5.69 Å². The highest BCUT2D eigenvalue weighted by Gasteiger charge is 2.19. The van der Waals surface area contributed by atoms with Gasteiger partial charge in [0.15, 0.2) is 11.5 Å². The van der Waals surface area contributed by atoms with Gasteiger partial charge in [-0.15, -0.1) is 0 Å². The van der Waals surface area contributed by atoms with E-state index >= 15 is 0 Å². The molecule has 108 valence electrons. The Morgan fingerprint density at radius 1 is 1.14 bits per heavy atom. The number of rotatable bonds is 2. The first-order valence-electron chi connectivity index (χ1n) is 6.30. The van der Waals surface area contributed by atoms with Crippen molar-refractivity contribution in [3.63, 3.8) is 0 Å². The fourth-order valence-corrected chi connectivity index (χ4v) is 2.68. The molecule has 0 atom stereocenters. The molecule has 0 aromatic heterocycles. The standard InChI is InChI=1S/C15H11BrClNO3/c16-10-8-14-13(20-5-6-21-14)7-9(10)15(19)18-12-4-2-1-3-11(12)17/h1-4,7-8H,5-6H2,(H,18,19). The third-order valence-electron chi connectivity index (χ3n) is 3.00. The molecule has 1 aliphatic rings. The van der Waals surface area contributed by atoms with Gasteiger partial charge in [0, 0.05) is 4.47 Å². The number of halogens is 2. The van der Waals surface area contributed by atoms with E-state index < -0.39 is 0 Å². The number of ether oxygens (including phenoxy) is 2. The van der Waals surface area contributed by atoms with E-state index in [0.717, 1.165) is 0 Å². The smallest absolute Gasteiger partial charge is 0.256 e. The predicted molar refractivity (Wildman–Crippen MR) is 84.5 cm³/mol. The van der Waals surface area contributed by atoms with E-state index in [1.807, 2.05) is 0 Å². The quantitative estimate of drug-likeness (QED) is 0.867. The molecule has 0 saturated carbocycles. The number of fused-ring (bicyclic) bond motifs is 1. The second kappa shape index (κ2) is 5.95. The molecule has 0 bridgehead atoms. The third kappa shape index (κ3) is 2.99. The van der Waals surface area contributed by atoms with Gasteiger partial charge in [-0.1, -0.05) is 23.7 Å². The molecule has 0 unspecified atom stereocenters. The monoisotopic (exact) mass is 367 g/mol. The molecule has 0 fully saturated rings. The summed E-state index contributed by atoms with van der Waals surface area (Å²) in [6.45, 7) is 0.977. The van der Waals surface area contributed by atoms with Gasteiger partial charge in [-0.05, 0) is 40.2 Å². The highest BCUT2D eigenvalue weighted by atomic mass is 79.9. The van der Waals surface area contributed by atoms with Crippen LogP contribution in [0.25, 0.3) is 0 Å². The second-order valence-corrected chi connectivity index (χ2v) is 5.67. The summed E-state index contributed by atoms with van der Waals surface area (Å²) in [5.41, 5.74) is 1.02. The van der Waals surface area contributed by atoms with E-state index in [4.69, 9.17) is 21.1 Å². The number of nitrogens with one attached hydrogen (secondary N) is 1. The van der Waals surface area contributed by atoms with Crippen LogP contribution in [0, 0.1) is 0 Å². The molecule has 2 aromatic carbocycles. The molecular formula is C15H11BrClNO3. The summed E-state index contributed by atoms with van der Waals surface area (Å²) >= 11 is 9.42. The van der Waals surface area contributed by atoms with E-state index in [9.17, 15) is 4.79 Å². The van der Waals surface area contributed by atoms with Gasteiger partial charge in [-0.3, -0.25) is 4.79 Å². The second-order valence-electron chi connectivity index (χ2n) is 4.41. The van der Waals surface area contributed by atoms with Crippen LogP contribution in [0.15, 0.2) is 40.9 Å². The molecule has 0 spiro atoms. The minimum absolute atomic E-state index is 0.271. The van der Waals surface area contributed by atoms with Crippen LogP contribution in [0.2, 0.25) is 5.02 Å². The molecule has 0 aliphatic carbocycles. The van der Waals surface area contributed by atoms with Crippen molar-refractivity contribution in [2.24, 2.45) is 0 Å². The zero-order valence-electron chi connectivity index (χ0n) is 10.9. The summed E-state index contributed by atoms with van der Waals surface area (Å²) < 4.78 is 11.6. The zero-order chi connectivity index (χ0) is 14.8. The summed E-state index contributed by atoms with van der Waals surface area (Å²) in [6.07, 6.45) is 0. The van der Waals surface area contributed by atoms with Crippen LogP contribution in [0.1, 0.15) is 10.4 Å². The highest BCUT2D eigenvalue weighted by molar-refractivity contribution is 9.10. The van der Waals surface area contributed by atoms with Crippen LogP contribution in [0.5, 0.6) is 11.5 Å². The molecule has 1 heterocycles. The molecule has 3 rings (SSSR count). The van der Waals surface area contributed by atoms with E-state index in [0.29, 0.717) is 45.5 Å². The third-order valence-corrected chi connectivity index (χ3v) is 3.98. The highest BCUT2D eigenvalue weighted by Crippen LogP contribution is 2.36. The maximum atomic E-state index is 12.4. The van der Waals surface area contributed by atoms with Crippen molar-refractivity contribution in [3.05, 3.63) is 51.5 Å². The lowest BCUT2D eigenvalue weighted by molar-refractivity contribution is 0.102. The molecule has 4 nitrogen and oxygen atoms in total. The lowest BCUT2D eigenvalue weighted by Crippen LogP contribution is -2.18. The van der Waals surface area contributed by atoms with Crippen molar-refractivity contribution >= 4 is 39.1 Å². The van der Waals surface area contributed by atoms with Crippen molar-refractivity contribution in [2.75, 3.05) is 18.5 Å². The first kappa shape index (κ1) is 14.2. The Morgan fingerprint density at radius 3 is 2.52 bits per heavy atom. The Bertz CT molecular complexity index is 705. The Hall–Kier alpha value is -1.72. The van der Waals surface area contributed by atoms with Gasteiger partial charge in [0.2, 0.25) is 0 Å². The van der Waals surface area contributed by atoms with E-state index in [1.165, 1.54) is 0 Å². The number of carbonyl (C=O) groups is 1. The van der Waals surface area contributed by atoms with Crippen LogP contribution >= 0.6 is 27.5 Å². The number of hydrogen-bond donors (Lipinski definition) is 1. The van der Waals surface area contributed by atoms with Crippen molar-refractivity contribution in [2.45, 2.75) is 0 Å². The lowest BCUT2D eigenvalue weighted by atomic mass is 10.1. The maximum Gasteiger partial charge on any atom is 0.256 e. The topological polar surface area (TPSA) is 47.6 Å². The normalized spacial score (nSPS) is 12.9. The number of carbonyl (C=O) groups excluding carboxylic acids is 1. The molecular weight excluding hydrogens is 358 g/mol. The van der Waals surface area contributed by atoms with Crippen LogP contribution in [-0.2, 0) is 0 Å². The molecule has 6 heteroatoms. The van der Waals surface area contributed by atoms with Crippen molar-refractivity contribution in [3.8, 4) is 11.5 Å². The Balaban J connectivity index is 1.89. The molecule has 21 heavy (non-hydrogen) atoms. The summed E-state index contributed by atoms with van der Waals surface area (Å²) in [5, 5.41) is 3.26. The zero-order valence-corrected chi connectivity index (χ0v) is 13.2. The minimum atomic E-state index is -0.271. The molecule has 1 N–H and O–H groups in total. The number of para-hydroxylation sites is 1. The van der Waals surface area contributed by atoms with Gasteiger partial charge in [0.05, 0.1) is 16.3 Å². The average molecular weight is 369 g/mol. The fourth-order valence-electron chi connectivity index (χ4n) is 1.99. The summed E-state index contributed by atoms with van der Waals surface area (Å²) in [4.78, 5) is 12.4. The molecule has 0 radical (unpaired) electrons. The van der Waals surface area contributed by atoms with Crippen LogP contribution in [-0.4, -0.2) is 19.1 Å². The summed E-state index contributed by atoms with van der Waals surface area (Å²) in [7, 11) is 0. The molecule has 2 aromatic rings. The molecule has 1 aliphatic heterocycles. The first-order valence-corrected chi connectivity index (χ1v) is 7.47. The van der Waals surface area contributed by atoms with Crippen molar-refractivity contribution < 1.29 is 14.3 Å². The number of anilines is 1. The Labute approximate surface area is 135 Å². The van der Waals surface area contributed by atoms with Gasteiger partial charge in [0.1, 0.15) is 13.2 Å². The van der Waals surface area contributed by atoms with Crippen LogP contribution in [0.3, 0.4) is 0 Å². The summed E-state index contributed by atoms with van der Waals surface area (Å²) in [6, 6.07) is 10.5. The SMILES string of the molecule is O=C(Nc1ccccc1Cl)c1cc2c(cc1Br)OCCO2.